The van der Waals surface area contributed by atoms with Gasteiger partial charge >= 0.3 is 5.97 Å². The smallest absolute Gasteiger partial charge is 0.338 e. The highest BCUT2D eigenvalue weighted by Gasteiger charge is 2.10. The molecule has 2 N–H and O–H groups in total. The number of anilines is 1. The van der Waals surface area contributed by atoms with Crippen LogP contribution in [0.5, 0.6) is 0 Å². The lowest BCUT2D eigenvalue weighted by Crippen LogP contribution is -2.34. The third kappa shape index (κ3) is 4.63. The maximum absolute atomic E-state index is 12.2. The average Bonchev–Trinajstić information content (AvgIpc) is 2.56. The molecule has 0 bridgehead atoms. The van der Waals surface area contributed by atoms with E-state index in [1.165, 1.54) is 0 Å². The molecule has 2 aromatic carbocycles. The Hall–Kier alpha value is -2.73. The number of carbonyl (C=O) groups excluding carboxylic acids is 2. The molecule has 6 heteroatoms. The van der Waals surface area contributed by atoms with E-state index in [-0.39, 0.29) is 17.0 Å². The third-order valence-electron chi connectivity index (χ3n) is 3.27. The lowest BCUT2D eigenvalue weighted by atomic mass is 10.1. The molecule has 1 amide bonds. The second-order valence-electron chi connectivity index (χ2n) is 5.02. The summed E-state index contributed by atoms with van der Waals surface area (Å²) in [6, 6.07) is 13.9. The maximum atomic E-state index is 12.2. The van der Waals surface area contributed by atoms with Crippen molar-refractivity contribution in [2.24, 2.45) is 0 Å². The Morgan fingerprint density at radius 1 is 1.08 bits per heavy atom. The maximum Gasteiger partial charge on any atom is 0.338 e. The van der Waals surface area contributed by atoms with Crippen molar-refractivity contribution in [3.8, 4) is 0 Å². The molecule has 0 radical (unpaired) electrons. The van der Waals surface area contributed by atoms with Crippen molar-refractivity contribution in [1.29, 1.82) is 0 Å². The number of esters is 1. The van der Waals surface area contributed by atoms with Crippen LogP contribution in [0.15, 0.2) is 48.5 Å². The van der Waals surface area contributed by atoms with Gasteiger partial charge in [-0.3, -0.25) is 10.1 Å². The molecule has 0 saturated carbocycles. The van der Waals surface area contributed by atoms with Gasteiger partial charge in [0.25, 0.3) is 5.91 Å². The summed E-state index contributed by atoms with van der Waals surface area (Å²) >= 11 is 5.15. The first kappa shape index (κ1) is 17.6. The fraction of sp³-hybridized carbons (Fsp3) is 0.167. The molecule has 0 unspecified atom stereocenters. The number of ether oxygens (including phenoxy) is 1. The minimum Gasteiger partial charge on any atom is -0.462 e. The Morgan fingerprint density at radius 3 is 2.38 bits per heavy atom. The van der Waals surface area contributed by atoms with E-state index in [1.807, 2.05) is 19.1 Å². The van der Waals surface area contributed by atoms with Gasteiger partial charge < -0.3 is 10.1 Å². The minimum atomic E-state index is -0.375. The van der Waals surface area contributed by atoms with Gasteiger partial charge in [-0.1, -0.05) is 18.2 Å². The highest BCUT2D eigenvalue weighted by Crippen LogP contribution is 2.11. The molecule has 0 aliphatic heterocycles. The molecule has 24 heavy (non-hydrogen) atoms. The molecule has 0 spiro atoms. The molecule has 124 valence electrons. The summed E-state index contributed by atoms with van der Waals surface area (Å²) in [6.07, 6.45) is 0. The molecule has 2 rings (SSSR count). The zero-order chi connectivity index (χ0) is 17.5. The summed E-state index contributed by atoms with van der Waals surface area (Å²) < 4.78 is 4.92. The first-order valence-corrected chi connectivity index (χ1v) is 7.87. The number of hydrogen-bond acceptors (Lipinski definition) is 4. The molecule has 0 heterocycles. The Morgan fingerprint density at radius 2 is 1.75 bits per heavy atom. The van der Waals surface area contributed by atoms with Crippen LogP contribution < -0.4 is 10.6 Å². The van der Waals surface area contributed by atoms with Crippen molar-refractivity contribution in [2.75, 3.05) is 11.9 Å². The van der Waals surface area contributed by atoms with Crippen molar-refractivity contribution in [1.82, 2.24) is 5.32 Å². The highest BCUT2D eigenvalue weighted by atomic mass is 32.1. The summed E-state index contributed by atoms with van der Waals surface area (Å²) in [7, 11) is 0. The number of thiocarbonyl (C=S) groups is 1. The van der Waals surface area contributed by atoms with Crippen molar-refractivity contribution in [2.45, 2.75) is 13.8 Å². The summed E-state index contributed by atoms with van der Waals surface area (Å²) in [6.45, 7) is 3.94. The molecule has 0 aliphatic carbocycles. The summed E-state index contributed by atoms with van der Waals surface area (Å²) in [5.41, 5.74) is 2.56. The lowest BCUT2D eigenvalue weighted by Gasteiger charge is -2.11. The van der Waals surface area contributed by atoms with E-state index in [9.17, 15) is 9.59 Å². The van der Waals surface area contributed by atoms with E-state index in [0.717, 1.165) is 5.56 Å². The average molecular weight is 342 g/mol. The SMILES string of the molecule is CCOC(=O)c1ccc(NC(=S)NC(=O)c2ccccc2C)cc1. The van der Waals surface area contributed by atoms with Crippen LogP contribution in [0.1, 0.15) is 33.2 Å². The fourth-order valence-corrected chi connectivity index (χ4v) is 2.28. The predicted molar refractivity (Wildman–Crippen MR) is 97.3 cm³/mol. The molecule has 5 nitrogen and oxygen atoms in total. The topological polar surface area (TPSA) is 67.4 Å². The van der Waals surface area contributed by atoms with Crippen molar-refractivity contribution >= 4 is 34.9 Å². The van der Waals surface area contributed by atoms with Gasteiger partial charge in [0.1, 0.15) is 0 Å². The van der Waals surface area contributed by atoms with Crippen molar-refractivity contribution < 1.29 is 14.3 Å². The molecule has 0 saturated heterocycles. The zero-order valence-electron chi connectivity index (χ0n) is 13.5. The Balaban J connectivity index is 1.96. The van der Waals surface area contributed by atoms with E-state index >= 15 is 0 Å². The van der Waals surface area contributed by atoms with Crippen LogP contribution >= 0.6 is 12.2 Å². The van der Waals surface area contributed by atoms with Crippen molar-refractivity contribution in [3.05, 3.63) is 65.2 Å². The van der Waals surface area contributed by atoms with Crippen LogP contribution in [0.4, 0.5) is 5.69 Å². The predicted octanol–water partition coefficient (Wildman–Crippen LogP) is 3.30. The molecule has 0 aromatic heterocycles. The normalized spacial score (nSPS) is 9.92. The second-order valence-corrected chi connectivity index (χ2v) is 5.43. The number of aryl methyl sites for hydroxylation is 1. The first-order valence-electron chi connectivity index (χ1n) is 7.46. The fourth-order valence-electron chi connectivity index (χ4n) is 2.06. The number of amides is 1. The number of nitrogens with one attached hydrogen (secondary N) is 2. The molecule has 2 aromatic rings. The van der Waals surface area contributed by atoms with Crippen LogP contribution in [-0.4, -0.2) is 23.6 Å². The largest absolute Gasteiger partial charge is 0.462 e. The second kappa shape index (κ2) is 8.21. The third-order valence-corrected chi connectivity index (χ3v) is 3.47. The highest BCUT2D eigenvalue weighted by molar-refractivity contribution is 7.80. The van der Waals surface area contributed by atoms with Gasteiger partial charge in [-0.05, 0) is 62.0 Å². The summed E-state index contributed by atoms with van der Waals surface area (Å²) in [5.74, 6) is -0.645. The number of carbonyl (C=O) groups is 2. The van der Waals surface area contributed by atoms with E-state index in [4.69, 9.17) is 17.0 Å². The van der Waals surface area contributed by atoms with Gasteiger partial charge in [0, 0.05) is 11.3 Å². The zero-order valence-corrected chi connectivity index (χ0v) is 14.3. The summed E-state index contributed by atoms with van der Waals surface area (Å²) in [4.78, 5) is 23.8. The monoisotopic (exact) mass is 342 g/mol. The Bertz CT molecular complexity index is 757. The first-order chi connectivity index (χ1) is 11.5. The Kier molecular flexibility index (Phi) is 6.03. The Labute approximate surface area is 146 Å². The van der Waals surface area contributed by atoms with E-state index in [2.05, 4.69) is 10.6 Å². The van der Waals surface area contributed by atoms with Crippen LogP contribution in [0.3, 0.4) is 0 Å². The molecule has 0 fully saturated rings. The number of benzene rings is 2. The van der Waals surface area contributed by atoms with Gasteiger partial charge in [-0.2, -0.15) is 0 Å². The van der Waals surface area contributed by atoms with Crippen LogP contribution in [0, 0.1) is 6.92 Å². The standard InChI is InChI=1S/C18H18N2O3S/c1-3-23-17(22)13-8-10-14(11-9-13)19-18(24)20-16(21)15-7-5-4-6-12(15)2/h4-11H,3H2,1-2H3,(H2,19,20,21,24). The van der Waals surface area contributed by atoms with E-state index in [0.29, 0.717) is 23.4 Å². The minimum absolute atomic E-state index is 0.187. The number of rotatable bonds is 4. The van der Waals surface area contributed by atoms with Crippen LogP contribution in [0.25, 0.3) is 0 Å². The van der Waals surface area contributed by atoms with Gasteiger partial charge in [0.05, 0.1) is 12.2 Å². The quantitative estimate of drug-likeness (QED) is 0.659. The van der Waals surface area contributed by atoms with E-state index < -0.39 is 0 Å². The molecular weight excluding hydrogens is 324 g/mol. The summed E-state index contributed by atoms with van der Waals surface area (Å²) in [5, 5.41) is 5.73. The van der Waals surface area contributed by atoms with Gasteiger partial charge in [0.15, 0.2) is 5.11 Å². The van der Waals surface area contributed by atoms with Gasteiger partial charge in [0.2, 0.25) is 0 Å². The van der Waals surface area contributed by atoms with Crippen LogP contribution in [0.2, 0.25) is 0 Å². The number of hydrogen-bond donors (Lipinski definition) is 2. The molecule has 0 atom stereocenters. The van der Waals surface area contributed by atoms with Gasteiger partial charge in [-0.25, -0.2) is 4.79 Å². The molecule has 0 aliphatic rings. The van der Waals surface area contributed by atoms with Crippen molar-refractivity contribution in [3.63, 3.8) is 0 Å². The molecular formula is C18H18N2O3S. The van der Waals surface area contributed by atoms with Crippen LogP contribution in [-0.2, 0) is 4.74 Å². The lowest BCUT2D eigenvalue weighted by molar-refractivity contribution is 0.0526. The van der Waals surface area contributed by atoms with Gasteiger partial charge in [-0.15, -0.1) is 0 Å². The van der Waals surface area contributed by atoms with E-state index in [1.54, 1.807) is 43.3 Å².